The average molecular weight is 849 g/mol. The highest BCUT2D eigenvalue weighted by Gasteiger charge is 2.52. The molecule has 2 aromatic heterocycles. The van der Waals surface area contributed by atoms with E-state index in [1.807, 2.05) is 0 Å². The molecule has 0 aliphatic heterocycles. The molecule has 13 aromatic rings. The van der Waals surface area contributed by atoms with Crippen molar-refractivity contribution in [3.63, 3.8) is 0 Å². The highest BCUT2D eigenvalue weighted by Crippen LogP contribution is 2.64. The fourth-order valence-corrected chi connectivity index (χ4v) is 12.3. The maximum Gasteiger partial charge on any atom is 0.0731 e. The SMILES string of the molecule is c1ccc(-n2c3ccccc3c3ccc(-c4ccc5c(c4)C4(c6ccccc6-c6ccccc64)c4c-5ccc5ccc(-c6ccc7c8ccccc8n(-c8ccccc8)c7c6)cc45)cc32)cc1. The first-order valence-corrected chi connectivity index (χ1v) is 23.3. The molecule has 1 spiro atoms. The maximum absolute atomic E-state index is 2.52. The molecule has 0 saturated heterocycles. The average Bonchev–Trinajstić information content (AvgIpc) is 4.10. The van der Waals surface area contributed by atoms with Crippen molar-refractivity contribution in [3.8, 4) is 55.9 Å². The van der Waals surface area contributed by atoms with Crippen LogP contribution < -0.4 is 0 Å². The maximum atomic E-state index is 2.52. The van der Waals surface area contributed by atoms with Crippen LogP contribution >= 0.6 is 0 Å². The van der Waals surface area contributed by atoms with Gasteiger partial charge in [-0.3, -0.25) is 0 Å². The third-order valence-electron chi connectivity index (χ3n) is 15.1. The van der Waals surface area contributed by atoms with Gasteiger partial charge in [0.15, 0.2) is 0 Å². The highest BCUT2D eigenvalue weighted by molar-refractivity contribution is 6.12. The van der Waals surface area contributed by atoms with Gasteiger partial charge in [-0.2, -0.15) is 0 Å². The number of aromatic nitrogens is 2. The predicted octanol–water partition coefficient (Wildman–Crippen LogP) is 16.7. The van der Waals surface area contributed by atoms with Crippen molar-refractivity contribution in [2.75, 3.05) is 0 Å². The number of benzene rings is 11. The fraction of sp³-hybridized carbons (Fsp3) is 0.0154. The molecule has 2 aliphatic carbocycles. The van der Waals surface area contributed by atoms with Gasteiger partial charge in [-0.05, 0) is 138 Å². The van der Waals surface area contributed by atoms with Crippen molar-refractivity contribution in [2.45, 2.75) is 5.41 Å². The number of para-hydroxylation sites is 4. The fourth-order valence-electron chi connectivity index (χ4n) is 12.3. The molecular weight excluding hydrogens is 809 g/mol. The molecule has 2 heteroatoms. The Balaban J connectivity index is 0.973. The van der Waals surface area contributed by atoms with Crippen LogP contribution in [-0.2, 0) is 5.41 Å². The van der Waals surface area contributed by atoms with Crippen LogP contribution in [0.25, 0.3) is 110 Å². The van der Waals surface area contributed by atoms with E-state index in [2.05, 4.69) is 252 Å². The summed E-state index contributed by atoms with van der Waals surface area (Å²) in [5, 5.41) is 7.58. The Kier molecular flexibility index (Phi) is 7.46. The molecule has 0 unspecified atom stereocenters. The largest absolute Gasteiger partial charge is 0.309 e. The zero-order valence-corrected chi connectivity index (χ0v) is 36.5. The number of rotatable bonds is 4. The summed E-state index contributed by atoms with van der Waals surface area (Å²) in [7, 11) is 0. The normalized spacial score (nSPS) is 13.2. The molecule has 0 N–H and O–H groups in total. The lowest BCUT2D eigenvalue weighted by Crippen LogP contribution is -2.26. The van der Waals surface area contributed by atoms with Crippen LogP contribution in [0.1, 0.15) is 22.3 Å². The zero-order valence-electron chi connectivity index (χ0n) is 36.5. The summed E-state index contributed by atoms with van der Waals surface area (Å²) in [6.45, 7) is 0. The van der Waals surface area contributed by atoms with E-state index in [9.17, 15) is 0 Å². The second-order valence-electron chi connectivity index (χ2n) is 18.4. The van der Waals surface area contributed by atoms with Gasteiger partial charge >= 0.3 is 0 Å². The van der Waals surface area contributed by atoms with Gasteiger partial charge in [0.1, 0.15) is 0 Å². The van der Waals surface area contributed by atoms with E-state index in [-0.39, 0.29) is 0 Å². The van der Waals surface area contributed by atoms with E-state index in [0.29, 0.717) is 0 Å². The monoisotopic (exact) mass is 848 g/mol. The molecule has 0 saturated carbocycles. The third kappa shape index (κ3) is 4.94. The minimum atomic E-state index is -0.529. The van der Waals surface area contributed by atoms with Crippen LogP contribution in [0.3, 0.4) is 0 Å². The molecule has 0 atom stereocenters. The van der Waals surface area contributed by atoms with Crippen molar-refractivity contribution in [1.29, 1.82) is 0 Å². The summed E-state index contributed by atoms with van der Waals surface area (Å²) in [6, 6.07) is 90.7. The molecule has 2 nitrogen and oxygen atoms in total. The van der Waals surface area contributed by atoms with Crippen molar-refractivity contribution < 1.29 is 0 Å². The van der Waals surface area contributed by atoms with E-state index in [4.69, 9.17) is 0 Å². The zero-order chi connectivity index (χ0) is 43.8. The quantitative estimate of drug-likeness (QED) is 0.167. The summed E-state index contributed by atoms with van der Waals surface area (Å²) in [5.74, 6) is 0. The first kappa shape index (κ1) is 36.6. The molecule has 310 valence electrons. The molecule has 2 heterocycles. The molecule has 0 fully saturated rings. The summed E-state index contributed by atoms with van der Waals surface area (Å²) in [4.78, 5) is 0. The Labute approximate surface area is 387 Å². The summed E-state index contributed by atoms with van der Waals surface area (Å²) in [5.41, 5.74) is 22.1. The van der Waals surface area contributed by atoms with Crippen LogP contribution in [0, 0.1) is 0 Å². The van der Waals surface area contributed by atoms with Crippen molar-refractivity contribution in [1.82, 2.24) is 9.13 Å². The van der Waals surface area contributed by atoms with Crippen LogP contribution in [0.5, 0.6) is 0 Å². The van der Waals surface area contributed by atoms with Crippen molar-refractivity contribution in [3.05, 3.63) is 265 Å². The van der Waals surface area contributed by atoms with Crippen molar-refractivity contribution >= 4 is 54.4 Å². The lowest BCUT2D eigenvalue weighted by atomic mass is 9.69. The summed E-state index contributed by atoms with van der Waals surface area (Å²) < 4.78 is 4.84. The standard InChI is InChI=1S/C65H40N2/c1-3-15-46(16-4-1)66-60-25-13-9-21-51(60)53-34-31-44(39-62(53)66)42-28-27-41-29-36-55-50-33-30-43(45-32-35-54-52-22-10-14-26-61(52)67(63(54)40-45)47-17-5-2-6-18-47)38-59(50)65(64(55)56(41)37-42)57-23-11-7-19-48(57)49-20-8-12-24-58(49)65/h1-40H. The Hall–Kier alpha value is -8.72. The van der Waals surface area contributed by atoms with Gasteiger partial charge in [0.05, 0.1) is 27.5 Å². The van der Waals surface area contributed by atoms with Gasteiger partial charge in [-0.25, -0.2) is 0 Å². The molecule has 11 aromatic carbocycles. The highest BCUT2D eigenvalue weighted by atomic mass is 15.0. The van der Waals surface area contributed by atoms with Crippen LogP contribution in [0.15, 0.2) is 243 Å². The minimum absolute atomic E-state index is 0.529. The topological polar surface area (TPSA) is 9.86 Å². The first-order chi connectivity index (χ1) is 33.2. The van der Waals surface area contributed by atoms with E-state index in [1.54, 1.807) is 0 Å². The van der Waals surface area contributed by atoms with Gasteiger partial charge in [0.2, 0.25) is 0 Å². The molecule has 0 radical (unpaired) electrons. The van der Waals surface area contributed by atoms with Gasteiger partial charge in [0.25, 0.3) is 0 Å². The van der Waals surface area contributed by atoms with Crippen LogP contribution in [0.4, 0.5) is 0 Å². The minimum Gasteiger partial charge on any atom is -0.309 e. The van der Waals surface area contributed by atoms with Crippen LogP contribution in [0.2, 0.25) is 0 Å². The van der Waals surface area contributed by atoms with Gasteiger partial charge in [-0.15, -0.1) is 0 Å². The number of fused-ring (bicyclic) bond motifs is 18. The van der Waals surface area contributed by atoms with E-state index < -0.39 is 5.41 Å². The van der Waals surface area contributed by atoms with E-state index in [0.717, 1.165) is 5.69 Å². The second-order valence-corrected chi connectivity index (χ2v) is 18.4. The second kappa shape index (κ2) is 13.7. The van der Waals surface area contributed by atoms with E-state index >= 15 is 0 Å². The first-order valence-electron chi connectivity index (χ1n) is 23.3. The Morgan fingerprint density at radius 1 is 0.254 bits per heavy atom. The lowest BCUT2D eigenvalue weighted by Gasteiger charge is -2.32. The number of hydrogen-bond acceptors (Lipinski definition) is 0. The van der Waals surface area contributed by atoms with Crippen molar-refractivity contribution in [2.24, 2.45) is 0 Å². The summed E-state index contributed by atoms with van der Waals surface area (Å²) in [6.07, 6.45) is 0. The Morgan fingerprint density at radius 3 is 1.27 bits per heavy atom. The van der Waals surface area contributed by atoms with Gasteiger partial charge in [0, 0.05) is 32.9 Å². The van der Waals surface area contributed by atoms with Gasteiger partial charge in [-0.1, -0.05) is 182 Å². The van der Waals surface area contributed by atoms with E-state index in [1.165, 1.54) is 127 Å². The molecule has 67 heavy (non-hydrogen) atoms. The predicted molar refractivity (Wildman–Crippen MR) is 280 cm³/mol. The molecule has 0 bridgehead atoms. The third-order valence-corrected chi connectivity index (χ3v) is 15.1. The molecular formula is C65H40N2. The Morgan fingerprint density at radius 2 is 0.672 bits per heavy atom. The summed E-state index contributed by atoms with van der Waals surface area (Å²) >= 11 is 0. The number of nitrogens with zero attached hydrogens (tertiary/aromatic N) is 2. The smallest absolute Gasteiger partial charge is 0.0731 e. The van der Waals surface area contributed by atoms with Gasteiger partial charge < -0.3 is 9.13 Å². The van der Waals surface area contributed by atoms with Crippen LogP contribution in [-0.4, -0.2) is 9.13 Å². The lowest BCUT2D eigenvalue weighted by molar-refractivity contribution is 0.801. The molecule has 0 amide bonds. The number of hydrogen-bond donors (Lipinski definition) is 0. The molecule has 2 aliphatic rings. The molecule has 15 rings (SSSR count). The Bertz CT molecular complexity index is 4160.